The molecular weight excluding hydrogens is 276 g/mol. The Labute approximate surface area is 121 Å². The minimum absolute atomic E-state index is 0.251. The van der Waals surface area contributed by atoms with Crippen LogP contribution in [0.5, 0.6) is 0 Å². The number of rotatable bonds is 8. The van der Waals surface area contributed by atoms with Crippen LogP contribution in [0.25, 0.3) is 0 Å². The smallest absolute Gasteiger partial charge is 0.244 e. The first-order valence-corrected chi connectivity index (χ1v) is 8.71. The average molecular weight is 300 g/mol. The van der Waals surface area contributed by atoms with Gasteiger partial charge in [-0.2, -0.15) is 5.10 Å². The van der Waals surface area contributed by atoms with Crippen LogP contribution in [0.2, 0.25) is 0 Å². The summed E-state index contributed by atoms with van der Waals surface area (Å²) < 4.78 is 28.9. The van der Waals surface area contributed by atoms with Crippen molar-refractivity contribution in [2.75, 3.05) is 13.1 Å². The Morgan fingerprint density at radius 2 is 2.15 bits per heavy atom. The van der Waals surface area contributed by atoms with Crippen LogP contribution < -0.4 is 10.0 Å². The van der Waals surface area contributed by atoms with Crippen molar-refractivity contribution >= 4 is 10.0 Å². The largest absolute Gasteiger partial charge is 0.315 e. The lowest BCUT2D eigenvalue weighted by Gasteiger charge is -2.38. The van der Waals surface area contributed by atoms with E-state index in [0.717, 1.165) is 38.8 Å². The van der Waals surface area contributed by atoms with Gasteiger partial charge in [0.1, 0.15) is 4.90 Å². The summed E-state index contributed by atoms with van der Waals surface area (Å²) in [5.74, 6) is 0. The molecule has 1 fully saturated rings. The number of sulfonamides is 1. The Morgan fingerprint density at radius 1 is 1.40 bits per heavy atom. The Bertz CT molecular complexity index is 534. The van der Waals surface area contributed by atoms with Crippen molar-refractivity contribution in [3.05, 3.63) is 12.4 Å². The zero-order valence-electron chi connectivity index (χ0n) is 12.2. The van der Waals surface area contributed by atoms with Crippen LogP contribution >= 0.6 is 0 Å². The molecule has 0 bridgehead atoms. The number of nitrogens with one attached hydrogen (secondary N) is 2. The van der Waals surface area contributed by atoms with Gasteiger partial charge in [-0.3, -0.25) is 4.68 Å². The summed E-state index contributed by atoms with van der Waals surface area (Å²) in [5, 5.41) is 7.37. The van der Waals surface area contributed by atoms with Crippen molar-refractivity contribution in [3.8, 4) is 0 Å². The van der Waals surface area contributed by atoms with Crippen LogP contribution in [0, 0.1) is 0 Å². The monoisotopic (exact) mass is 300 g/mol. The molecule has 0 saturated heterocycles. The minimum Gasteiger partial charge on any atom is -0.315 e. The van der Waals surface area contributed by atoms with Crippen LogP contribution in [-0.4, -0.2) is 36.8 Å². The number of nitrogens with zero attached hydrogens (tertiary/aromatic N) is 2. The van der Waals surface area contributed by atoms with Gasteiger partial charge in [-0.05, 0) is 39.2 Å². The highest BCUT2D eigenvalue weighted by Gasteiger charge is 2.36. The van der Waals surface area contributed by atoms with Gasteiger partial charge in [-0.25, -0.2) is 13.1 Å². The first-order valence-electron chi connectivity index (χ1n) is 7.22. The Balaban J connectivity index is 1.93. The van der Waals surface area contributed by atoms with Gasteiger partial charge in [0.25, 0.3) is 0 Å². The molecule has 0 atom stereocenters. The molecule has 2 rings (SSSR count). The van der Waals surface area contributed by atoms with Crippen molar-refractivity contribution < 1.29 is 8.42 Å². The van der Waals surface area contributed by atoms with E-state index in [0.29, 0.717) is 6.54 Å². The molecule has 0 amide bonds. The predicted molar refractivity (Wildman–Crippen MR) is 78.0 cm³/mol. The molecule has 0 radical (unpaired) electrons. The van der Waals surface area contributed by atoms with Gasteiger partial charge < -0.3 is 5.32 Å². The molecule has 20 heavy (non-hydrogen) atoms. The number of hydrogen-bond donors (Lipinski definition) is 2. The van der Waals surface area contributed by atoms with Crippen molar-refractivity contribution in [1.29, 1.82) is 0 Å². The molecular formula is C13H24N4O2S. The number of hydrogen-bond acceptors (Lipinski definition) is 4. The first kappa shape index (κ1) is 15.5. The first-order chi connectivity index (χ1) is 9.45. The fraction of sp³-hybridized carbons (Fsp3) is 0.769. The van der Waals surface area contributed by atoms with E-state index in [1.807, 2.05) is 6.92 Å². The zero-order valence-corrected chi connectivity index (χ0v) is 13.0. The van der Waals surface area contributed by atoms with E-state index in [2.05, 4.69) is 22.1 Å². The van der Waals surface area contributed by atoms with E-state index in [4.69, 9.17) is 0 Å². The molecule has 0 aliphatic heterocycles. The topological polar surface area (TPSA) is 76.0 Å². The SMILES string of the molecule is CCCNCCn1cc(S(=O)(=O)NC2(C)CCC2)cn1. The Kier molecular flexibility index (Phi) is 4.82. The molecule has 2 N–H and O–H groups in total. The number of aromatic nitrogens is 2. The summed E-state index contributed by atoms with van der Waals surface area (Å²) in [7, 11) is -3.45. The van der Waals surface area contributed by atoms with E-state index < -0.39 is 10.0 Å². The fourth-order valence-electron chi connectivity index (χ4n) is 2.29. The Hall–Kier alpha value is -0.920. The summed E-state index contributed by atoms with van der Waals surface area (Å²) in [6, 6.07) is 0. The highest BCUT2D eigenvalue weighted by atomic mass is 32.2. The highest BCUT2D eigenvalue weighted by Crippen LogP contribution is 2.32. The molecule has 1 aromatic heterocycles. The van der Waals surface area contributed by atoms with Gasteiger partial charge in [-0.1, -0.05) is 6.92 Å². The van der Waals surface area contributed by atoms with Crippen molar-refractivity contribution in [2.24, 2.45) is 0 Å². The molecule has 6 nitrogen and oxygen atoms in total. The standard InChI is InChI=1S/C13H24N4O2S/c1-3-7-14-8-9-17-11-12(10-15-17)20(18,19)16-13(2)5-4-6-13/h10-11,14,16H,3-9H2,1-2H3. The second kappa shape index (κ2) is 6.24. The van der Waals surface area contributed by atoms with Crippen molar-refractivity contribution in [1.82, 2.24) is 19.8 Å². The van der Waals surface area contributed by atoms with E-state index in [9.17, 15) is 8.42 Å². The van der Waals surface area contributed by atoms with Crippen LogP contribution in [-0.2, 0) is 16.6 Å². The molecule has 7 heteroatoms. The van der Waals surface area contributed by atoms with Crippen molar-refractivity contribution in [3.63, 3.8) is 0 Å². The molecule has 0 aromatic carbocycles. The molecule has 1 heterocycles. The summed E-state index contributed by atoms with van der Waals surface area (Å²) in [6.45, 7) is 6.49. The van der Waals surface area contributed by atoms with Gasteiger partial charge in [0.15, 0.2) is 0 Å². The lowest BCUT2D eigenvalue weighted by Crippen LogP contribution is -2.50. The summed E-state index contributed by atoms with van der Waals surface area (Å²) in [4.78, 5) is 0.251. The fourth-order valence-corrected chi connectivity index (χ4v) is 3.71. The predicted octanol–water partition coefficient (Wildman–Crippen LogP) is 1.10. The maximum absolute atomic E-state index is 12.3. The lowest BCUT2D eigenvalue weighted by molar-refractivity contribution is 0.248. The second-order valence-corrected chi connectivity index (χ2v) is 7.39. The van der Waals surface area contributed by atoms with E-state index in [1.165, 1.54) is 6.20 Å². The maximum Gasteiger partial charge on any atom is 0.244 e. The van der Waals surface area contributed by atoms with Crippen LogP contribution in [0.3, 0.4) is 0 Å². The maximum atomic E-state index is 12.3. The van der Waals surface area contributed by atoms with Gasteiger partial charge in [0.05, 0.1) is 12.7 Å². The Morgan fingerprint density at radius 3 is 2.75 bits per heavy atom. The summed E-state index contributed by atoms with van der Waals surface area (Å²) in [6.07, 6.45) is 6.99. The molecule has 1 aliphatic rings. The van der Waals surface area contributed by atoms with Crippen molar-refractivity contribution in [2.45, 2.75) is 56.5 Å². The van der Waals surface area contributed by atoms with E-state index in [1.54, 1.807) is 10.9 Å². The molecule has 1 aliphatic carbocycles. The van der Waals surface area contributed by atoms with Gasteiger partial charge in [0.2, 0.25) is 10.0 Å². The average Bonchev–Trinajstić information content (AvgIpc) is 2.82. The second-order valence-electron chi connectivity index (χ2n) is 5.71. The van der Waals surface area contributed by atoms with Gasteiger partial charge in [-0.15, -0.1) is 0 Å². The lowest BCUT2D eigenvalue weighted by atomic mass is 9.80. The quantitative estimate of drug-likeness (QED) is 0.705. The van der Waals surface area contributed by atoms with Gasteiger partial charge >= 0.3 is 0 Å². The zero-order chi connectivity index (χ0) is 14.6. The van der Waals surface area contributed by atoms with Crippen LogP contribution in [0.15, 0.2) is 17.3 Å². The third-order valence-corrected chi connectivity index (χ3v) is 5.30. The normalized spacial score (nSPS) is 17.9. The minimum atomic E-state index is -3.45. The highest BCUT2D eigenvalue weighted by molar-refractivity contribution is 7.89. The molecule has 1 aromatic rings. The van der Waals surface area contributed by atoms with Gasteiger partial charge in [0, 0.05) is 18.3 Å². The summed E-state index contributed by atoms with van der Waals surface area (Å²) in [5.41, 5.74) is -0.274. The van der Waals surface area contributed by atoms with Crippen LogP contribution in [0.1, 0.15) is 39.5 Å². The van der Waals surface area contributed by atoms with Crippen LogP contribution in [0.4, 0.5) is 0 Å². The molecule has 0 spiro atoms. The van der Waals surface area contributed by atoms with E-state index in [-0.39, 0.29) is 10.4 Å². The molecule has 0 unspecified atom stereocenters. The molecule has 1 saturated carbocycles. The summed E-state index contributed by atoms with van der Waals surface area (Å²) >= 11 is 0. The molecule has 114 valence electrons. The third kappa shape index (κ3) is 3.80. The third-order valence-electron chi connectivity index (χ3n) is 3.70. The van der Waals surface area contributed by atoms with E-state index >= 15 is 0 Å².